The summed E-state index contributed by atoms with van der Waals surface area (Å²) in [5.41, 5.74) is -0.0130. The fourth-order valence-corrected chi connectivity index (χ4v) is 5.90. The first kappa shape index (κ1) is 23.2. The molecule has 0 amide bonds. The highest BCUT2D eigenvalue weighted by Gasteiger charge is 2.61. The Bertz CT molecular complexity index is 676. The van der Waals surface area contributed by atoms with Crippen LogP contribution in [0.5, 0.6) is 0 Å². The Balaban J connectivity index is 1.93. The minimum absolute atomic E-state index is 0.0962. The lowest BCUT2D eigenvalue weighted by atomic mass is 9.56. The van der Waals surface area contributed by atoms with Crippen LogP contribution in [0.1, 0.15) is 39.2 Å². The van der Waals surface area contributed by atoms with Gasteiger partial charge in [-0.15, -0.1) is 0 Å². The van der Waals surface area contributed by atoms with Gasteiger partial charge in [-0.25, -0.2) is 0 Å². The maximum Gasteiger partial charge on any atom is 0.169 e. The molecule has 2 fully saturated rings. The summed E-state index contributed by atoms with van der Waals surface area (Å²) in [4.78, 5) is 2.22. The smallest absolute Gasteiger partial charge is 0.169 e. The van der Waals surface area contributed by atoms with Gasteiger partial charge in [0.15, 0.2) is 5.79 Å². The number of ether oxygens (including phenoxy) is 2. The normalized spacial score (nSPS) is 31.8. The lowest BCUT2D eigenvalue weighted by Crippen LogP contribution is -2.63. The van der Waals surface area contributed by atoms with Crippen molar-refractivity contribution < 1.29 is 19.7 Å². The number of aliphatic hydroxyl groups excluding tert-OH is 2. The lowest BCUT2D eigenvalue weighted by molar-refractivity contribution is -0.270. The summed E-state index contributed by atoms with van der Waals surface area (Å²) in [6, 6.07) is 8.24. The molecule has 2 N–H and O–H groups in total. The Kier molecular flexibility index (Phi) is 7.14. The second kappa shape index (κ2) is 8.93. The van der Waals surface area contributed by atoms with Crippen LogP contribution in [-0.2, 0) is 15.9 Å². The van der Waals surface area contributed by atoms with E-state index in [1.807, 2.05) is 12.1 Å². The molecule has 1 spiro atoms. The first-order valence-electron chi connectivity index (χ1n) is 10.6. The molecular formula is C23H36BrNO4. The van der Waals surface area contributed by atoms with Crippen molar-refractivity contribution in [1.29, 1.82) is 0 Å². The summed E-state index contributed by atoms with van der Waals surface area (Å²) < 4.78 is 13.3. The van der Waals surface area contributed by atoms with Gasteiger partial charge in [0.25, 0.3) is 0 Å². The standard InChI is InChI=1S/C23H36BrNO4/c1-17(2)12-25(4)15-22(16-26)14-23(28-9-10-29-23)13-21(3,20(22)27)11-18-5-7-19(24)8-6-18/h5-8,17,20,26-27H,9-16H2,1-4H3. The van der Waals surface area contributed by atoms with E-state index in [1.165, 1.54) is 0 Å². The van der Waals surface area contributed by atoms with Gasteiger partial charge in [-0.1, -0.05) is 48.8 Å². The number of halogens is 1. The highest BCUT2D eigenvalue weighted by Crippen LogP contribution is 2.55. The van der Waals surface area contributed by atoms with Crippen LogP contribution in [0.4, 0.5) is 0 Å². The first-order chi connectivity index (χ1) is 13.6. The van der Waals surface area contributed by atoms with Crippen molar-refractivity contribution >= 4 is 15.9 Å². The summed E-state index contributed by atoms with van der Waals surface area (Å²) in [6.07, 6.45) is 1.16. The van der Waals surface area contributed by atoms with Gasteiger partial charge >= 0.3 is 0 Å². The van der Waals surface area contributed by atoms with E-state index in [4.69, 9.17) is 9.47 Å². The molecule has 0 radical (unpaired) electrons. The molecule has 3 unspecified atom stereocenters. The average Bonchev–Trinajstić information content (AvgIpc) is 3.08. The van der Waals surface area contributed by atoms with Crippen LogP contribution in [-0.4, -0.2) is 67.0 Å². The number of nitrogens with zero attached hydrogens (tertiary/aromatic N) is 1. The topological polar surface area (TPSA) is 62.2 Å². The van der Waals surface area contributed by atoms with Crippen molar-refractivity contribution in [3.8, 4) is 0 Å². The summed E-state index contributed by atoms with van der Waals surface area (Å²) in [7, 11) is 2.06. The van der Waals surface area contributed by atoms with Gasteiger partial charge < -0.3 is 24.6 Å². The summed E-state index contributed by atoms with van der Waals surface area (Å²) in [5, 5.41) is 22.2. The van der Waals surface area contributed by atoms with Crippen molar-refractivity contribution in [3.63, 3.8) is 0 Å². The van der Waals surface area contributed by atoms with Gasteiger partial charge in [0.1, 0.15) is 0 Å². The van der Waals surface area contributed by atoms with Crippen molar-refractivity contribution in [1.82, 2.24) is 4.90 Å². The molecule has 1 aliphatic heterocycles. The highest BCUT2D eigenvalue weighted by molar-refractivity contribution is 9.10. The molecule has 29 heavy (non-hydrogen) atoms. The van der Waals surface area contributed by atoms with Gasteiger partial charge in [0.05, 0.1) is 25.9 Å². The van der Waals surface area contributed by atoms with E-state index in [0.717, 1.165) is 16.6 Å². The Morgan fingerprint density at radius 1 is 1.17 bits per heavy atom. The van der Waals surface area contributed by atoms with E-state index in [1.54, 1.807) is 0 Å². The third-order valence-corrected chi connectivity index (χ3v) is 6.97. The predicted octanol–water partition coefficient (Wildman–Crippen LogP) is 3.46. The van der Waals surface area contributed by atoms with E-state index in [-0.39, 0.29) is 6.61 Å². The molecule has 164 valence electrons. The van der Waals surface area contributed by atoms with Gasteiger partial charge in [-0.05, 0) is 37.1 Å². The van der Waals surface area contributed by atoms with E-state index in [9.17, 15) is 10.2 Å². The Hall–Kier alpha value is -0.500. The van der Waals surface area contributed by atoms with E-state index in [2.05, 4.69) is 60.8 Å². The largest absolute Gasteiger partial charge is 0.396 e. The minimum Gasteiger partial charge on any atom is -0.396 e. The molecule has 3 atom stereocenters. The molecule has 1 saturated carbocycles. The number of benzene rings is 1. The van der Waals surface area contributed by atoms with Crippen molar-refractivity contribution in [2.24, 2.45) is 16.7 Å². The van der Waals surface area contributed by atoms with Crippen LogP contribution in [0.2, 0.25) is 0 Å². The molecule has 1 heterocycles. The highest BCUT2D eigenvalue weighted by atomic mass is 79.9. The zero-order chi connectivity index (χ0) is 21.3. The van der Waals surface area contributed by atoms with Crippen LogP contribution in [0.3, 0.4) is 0 Å². The van der Waals surface area contributed by atoms with Crippen LogP contribution in [0.25, 0.3) is 0 Å². The zero-order valence-corrected chi connectivity index (χ0v) is 19.7. The van der Waals surface area contributed by atoms with Crippen molar-refractivity contribution in [2.75, 3.05) is 40.0 Å². The molecule has 0 bridgehead atoms. The third-order valence-electron chi connectivity index (χ3n) is 6.45. The number of hydrogen-bond donors (Lipinski definition) is 2. The molecule has 1 saturated heterocycles. The maximum atomic E-state index is 11.7. The van der Waals surface area contributed by atoms with Crippen molar-refractivity contribution in [2.45, 2.75) is 51.9 Å². The molecule has 0 aromatic heterocycles. The van der Waals surface area contributed by atoms with E-state index < -0.39 is 22.7 Å². The number of aliphatic hydroxyl groups is 2. The van der Waals surface area contributed by atoms with Crippen LogP contribution >= 0.6 is 15.9 Å². The summed E-state index contributed by atoms with van der Waals surface area (Å²) >= 11 is 3.49. The molecular weight excluding hydrogens is 434 g/mol. The van der Waals surface area contributed by atoms with E-state index in [0.29, 0.717) is 44.9 Å². The van der Waals surface area contributed by atoms with Crippen LogP contribution < -0.4 is 0 Å². The van der Waals surface area contributed by atoms with Gasteiger partial charge in [-0.3, -0.25) is 0 Å². The number of rotatable bonds is 7. The molecule has 1 aliphatic carbocycles. The predicted molar refractivity (Wildman–Crippen MR) is 118 cm³/mol. The molecule has 6 heteroatoms. The Labute approximate surface area is 183 Å². The molecule has 5 nitrogen and oxygen atoms in total. The minimum atomic E-state index is -0.731. The molecule has 3 rings (SSSR count). The molecule has 1 aromatic rings. The second-order valence-electron chi connectivity index (χ2n) is 9.93. The van der Waals surface area contributed by atoms with Gasteiger partial charge in [0.2, 0.25) is 0 Å². The second-order valence-corrected chi connectivity index (χ2v) is 10.8. The third kappa shape index (κ3) is 5.05. The number of hydrogen-bond acceptors (Lipinski definition) is 5. The first-order valence-corrected chi connectivity index (χ1v) is 11.4. The SMILES string of the molecule is CC(C)CN(C)CC1(CO)CC2(CC(C)(Cc3ccc(Br)cc3)C1O)OCCO2. The summed E-state index contributed by atoms with van der Waals surface area (Å²) in [6.45, 7) is 9.02. The monoisotopic (exact) mass is 469 g/mol. The maximum absolute atomic E-state index is 11.7. The Morgan fingerprint density at radius 2 is 1.79 bits per heavy atom. The quantitative estimate of drug-likeness (QED) is 0.639. The lowest BCUT2D eigenvalue weighted by Gasteiger charge is -2.56. The van der Waals surface area contributed by atoms with E-state index >= 15 is 0 Å². The van der Waals surface area contributed by atoms with Crippen molar-refractivity contribution in [3.05, 3.63) is 34.3 Å². The van der Waals surface area contributed by atoms with Gasteiger partial charge in [0, 0.05) is 41.2 Å². The fraction of sp³-hybridized carbons (Fsp3) is 0.739. The van der Waals surface area contributed by atoms with Gasteiger partial charge in [-0.2, -0.15) is 0 Å². The fourth-order valence-electron chi connectivity index (χ4n) is 5.64. The average molecular weight is 470 g/mol. The zero-order valence-electron chi connectivity index (χ0n) is 18.2. The Morgan fingerprint density at radius 3 is 2.34 bits per heavy atom. The summed E-state index contributed by atoms with van der Waals surface area (Å²) in [5.74, 6) is -0.219. The molecule has 2 aliphatic rings. The van der Waals surface area contributed by atoms with Crippen LogP contribution in [0.15, 0.2) is 28.7 Å². The molecule has 1 aromatic carbocycles. The van der Waals surface area contributed by atoms with Crippen LogP contribution in [0, 0.1) is 16.7 Å².